The zero-order chi connectivity index (χ0) is 15.6. The van der Waals surface area contributed by atoms with Crippen LogP contribution in [0.2, 0.25) is 0 Å². The second-order valence-electron chi connectivity index (χ2n) is 5.87. The lowest BCUT2D eigenvalue weighted by Crippen LogP contribution is -2.32. The number of halogens is 1. The minimum Gasteiger partial charge on any atom is -0.351 e. The van der Waals surface area contributed by atoms with Gasteiger partial charge >= 0.3 is 0 Å². The molecule has 0 aromatic heterocycles. The molecule has 0 aliphatic heterocycles. The largest absolute Gasteiger partial charge is 0.351 e. The highest BCUT2D eigenvalue weighted by Crippen LogP contribution is 2.47. The van der Waals surface area contributed by atoms with Gasteiger partial charge in [0, 0.05) is 24.1 Å². The number of hydrogen-bond donors (Lipinski definition) is 2. The molecule has 3 N–H and O–H groups in total. The summed E-state index contributed by atoms with van der Waals surface area (Å²) in [5.74, 6) is -0.335. The first-order chi connectivity index (χ1) is 10.6. The molecule has 22 heavy (non-hydrogen) atoms. The second-order valence-corrected chi connectivity index (χ2v) is 5.87. The summed E-state index contributed by atoms with van der Waals surface area (Å²) in [6.45, 7) is 0.999. The van der Waals surface area contributed by atoms with Gasteiger partial charge in [0.2, 0.25) is 0 Å². The van der Waals surface area contributed by atoms with E-state index < -0.39 is 0 Å². The molecule has 2 aromatic carbocycles. The fourth-order valence-electron chi connectivity index (χ4n) is 2.68. The topological polar surface area (TPSA) is 55.1 Å². The number of carbonyl (C=O) groups is 1. The van der Waals surface area contributed by atoms with Crippen molar-refractivity contribution in [1.29, 1.82) is 0 Å². The number of carbonyl (C=O) groups excluding carboxylic acids is 1. The van der Waals surface area contributed by atoms with Crippen LogP contribution in [-0.4, -0.2) is 12.5 Å². The van der Waals surface area contributed by atoms with Gasteiger partial charge in [-0.25, -0.2) is 4.39 Å². The van der Waals surface area contributed by atoms with Gasteiger partial charge in [-0.1, -0.05) is 24.3 Å². The van der Waals surface area contributed by atoms with Crippen LogP contribution in [0.4, 0.5) is 4.39 Å². The summed E-state index contributed by atoms with van der Waals surface area (Å²) < 4.78 is 13.4. The van der Waals surface area contributed by atoms with Crippen LogP contribution >= 0.6 is 0 Å². The fraction of sp³-hybridized carbons (Fsp3) is 0.278. The van der Waals surface area contributed by atoms with Gasteiger partial charge in [-0.15, -0.1) is 0 Å². The van der Waals surface area contributed by atoms with Crippen molar-refractivity contribution in [2.24, 2.45) is 5.73 Å². The van der Waals surface area contributed by atoms with E-state index in [-0.39, 0.29) is 17.1 Å². The average Bonchev–Trinajstić information content (AvgIpc) is 3.34. The van der Waals surface area contributed by atoms with E-state index in [1.54, 1.807) is 24.3 Å². The highest BCUT2D eigenvalue weighted by Gasteiger charge is 2.44. The van der Waals surface area contributed by atoms with Crippen molar-refractivity contribution in [3.63, 3.8) is 0 Å². The van der Waals surface area contributed by atoms with E-state index in [4.69, 9.17) is 5.73 Å². The van der Waals surface area contributed by atoms with Crippen LogP contribution in [0.15, 0.2) is 48.5 Å². The third kappa shape index (κ3) is 3.02. The van der Waals surface area contributed by atoms with Gasteiger partial charge in [-0.3, -0.25) is 4.79 Å². The Morgan fingerprint density at radius 1 is 1.18 bits per heavy atom. The molecule has 0 spiro atoms. The lowest BCUT2D eigenvalue weighted by molar-refractivity contribution is 0.0949. The van der Waals surface area contributed by atoms with Crippen molar-refractivity contribution >= 4 is 5.91 Å². The number of rotatable bonds is 5. The second kappa shape index (κ2) is 5.89. The Labute approximate surface area is 129 Å². The van der Waals surface area contributed by atoms with Crippen LogP contribution in [0.5, 0.6) is 0 Å². The zero-order valence-corrected chi connectivity index (χ0v) is 12.3. The molecule has 1 saturated carbocycles. The molecule has 1 aliphatic rings. The summed E-state index contributed by atoms with van der Waals surface area (Å²) in [5, 5.41) is 2.96. The fourth-order valence-corrected chi connectivity index (χ4v) is 2.68. The van der Waals surface area contributed by atoms with Crippen molar-refractivity contribution in [2.75, 3.05) is 6.54 Å². The predicted octanol–water partition coefficient (Wildman–Crippen LogP) is 2.75. The Kier molecular flexibility index (Phi) is 3.94. The van der Waals surface area contributed by atoms with E-state index in [9.17, 15) is 9.18 Å². The number of nitrogens with two attached hydrogens (primary N) is 1. The molecule has 2 aromatic rings. The van der Waals surface area contributed by atoms with Gasteiger partial charge in [0.15, 0.2) is 0 Å². The summed E-state index contributed by atoms with van der Waals surface area (Å²) >= 11 is 0. The molecule has 0 saturated heterocycles. The molecule has 0 unspecified atom stereocenters. The quantitative estimate of drug-likeness (QED) is 0.892. The zero-order valence-electron chi connectivity index (χ0n) is 12.3. The van der Waals surface area contributed by atoms with Crippen LogP contribution in [0.3, 0.4) is 0 Å². The normalized spacial score (nSPS) is 15.4. The monoisotopic (exact) mass is 298 g/mol. The van der Waals surface area contributed by atoms with Gasteiger partial charge in [0.05, 0.1) is 0 Å². The molecule has 0 bridgehead atoms. The standard InChI is InChI=1S/C18H19FN2O/c19-16-3-1-2-15(10-16)18(8-9-18)12-21-17(22)14-6-4-13(11-20)5-7-14/h1-7,10H,8-9,11-12,20H2,(H,21,22). The molecule has 1 fully saturated rings. The number of nitrogens with one attached hydrogen (secondary N) is 1. The summed E-state index contributed by atoms with van der Waals surface area (Å²) in [4.78, 5) is 12.2. The first-order valence-corrected chi connectivity index (χ1v) is 7.46. The van der Waals surface area contributed by atoms with Gasteiger partial charge in [-0.05, 0) is 48.2 Å². The lowest BCUT2D eigenvalue weighted by Gasteiger charge is -2.17. The van der Waals surface area contributed by atoms with E-state index in [0.717, 1.165) is 24.0 Å². The van der Waals surface area contributed by atoms with E-state index in [0.29, 0.717) is 18.7 Å². The molecular weight excluding hydrogens is 279 g/mol. The number of hydrogen-bond acceptors (Lipinski definition) is 2. The summed E-state index contributed by atoms with van der Waals surface area (Å²) in [6, 6.07) is 13.9. The van der Waals surface area contributed by atoms with E-state index in [1.807, 2.05) is 18.2 Å². The molecule has 0 atom stereocenters. The predicted molar refractivity (Wildman–Crippen MR) is 84.0 cm³/mol. The van der Waals surface area contributed by atoms with E-state index in [2.05, 4.69) is 5.32 Å². The Hall–Kier alpha value is -2.20. The van der Waals surface area contributed by atoms with E-state index >= 15 is 0 Å². The van der Waals surface area contributed by atoms with Crippen LogP contribution in [-0.2, 0) is 12.0 Å². The molecule has 3 nitrogen and oxygen atoms in total. The summed E-state index contributed by atoms with van der Waals surface area (Å²) in [5.41, 5.74) is 8.02. The molecule has 1 aliphatic carbocycles. The van der Waals surface area contributed by atoms with Crippen molar-refractivity contribution < 1.29 is 9.18 Å². The Balaban J connectivity index is 1.65. The smallest absolute Gasteiger partial charge is 0.251 e. The van der Waals surface area contributed by atoms with Gasteiger partial charge in [0.1, 0.15) is 5.82 Å². The molecule has 0 heterocycles. The maximum Gasteiger partial charge on any atom is 0.251 e. The highest BCUT2D eigenvalue weighted by molar-refractivity contribution is 5.94. The molecule has 1 amide bonds. The minimum absolute atomic E-state index is 0.102. The van der Waals surface area contributed by atoms with Gasteiger partial charge in [-0.2, -0.15) is 0 Å². The van der Waals surface area contributed by atoms with Crippen LogP contribution in [0.1, 0.15) is 34.3 Å². The lowest BCUT2D eigenvalue weighted by atomic mass is 9.95. The van der Waals surface area contributed by atoms with Crippen LogP contribution < -0.4 is 11.1 Å². The van der Waals surface area contributed by atoms with E-state index in [1.165, 1.54) is 6.07 Å². The molecular formula is C18H19FN2O. The third-order valence-corrected chi connectivity index (χ3v) is 4.33. The van der Waals surface area contributed by atoms with Crippen molar-refractivity contribution in [3.05, 3.63) is 71.0 Å². The van der Waals surface area contributed by atoms with Crippen molar-refractivity contribution in [1.82, 2.24) is 5.32 Å². The third-order valence-electron chi connectivity index (χ3n) is 4.33. The summed E-state index contributed by atoms with van der Waals surface area (Å²) in [6.07, 6.45) is 1.95. The number of amides is 1. The maximum atomic E-state index is 13.4. The van der Waals surface area contributed by atoms with Gasteiger partial charge < -0.3 is 11.1 Å². The molecule has 114 valence electrons. The first-order valence-electron chi connectivity index (χ1n) is 7.46. The average molecular weight is 298 g/mol. The maximum absolute atomic E-state index is 13.4. The van der Waals surface area contributed by atoms with Crippen LogP contribution in [0.25, 0.3) is 0 Å². The minimum atomic E-state index is -0.229. The van der Waals surface area contributed by atoms with Crippen LogP contribution in [0, 0.1) is 5.82 Å². The van der Waals surface area contributed by atoms with Gasteiger partial charge in [0.25, 0.3) is 5.91 Å². The molecule has 3 rings (SSSR count). The van der Waals surface area contributed by atoms with Crippen molar-refractivity contribution in [2.45, 2.75) is 24.8 Å². The number of benzene rings is 2. The Morgan fingerprint density at radius 2 is 1.91 bits per heavy atom. The SMILES string of the molecule is NCc1ccc(C(=O)NCC2(c3cccc(F)c3)CC2)cc1. The Morgan fingerprint density at radius 3 is 2.50 bits per heavy atom. The first kappa shape index (κ1) is 14.7. The summed E-state index contributed by atoms with van der Waals surface area (Å²) in [7, 11) is 0. The Bertz CT molecular complexity index is 678. The molecule has 4 heteroatoms. The van der Waals surface area contributed by atoms with Crippen molar-refractivity contribution in [3.8, 4) is 0 Å². The highest BCUT2D eigenvalue weighted by atomic mass is 19.1. The molecule has 0 radical (unpaired) electrons.